The third-order valence-corrected chi connectivity index (χ3v) is 4.61. The number of halogens is 1. The number of aryl methyl sites for hydroxylation is 2. The SMILES string of the molecule is Cc1cc(-c2noc(C(C)Nc3ccc4c(c3)CCC(=O)N4)n2)ccc1F. The first-order valence-corrected chi connectivity index (χ1v) is 8.79. The van der Waals surface area contributed by atoms with Crippen LogP contribution in [0.15, 0.2) is 40.9 Å². The van der Waals surface area contributed by atoms with E-state index in [1.807, 2.05) is 25.1 Å². The van der Waals surface area contributed by atoms with Crippen molar-refractivity contribution in [3.8, 4) is 11.4 Å². The summed E-state index contributed by atoms with van der Waals surface area (Å²) in [6.07, 6.45) is 1.22. The first-order chi connectivity index (χ1) is 13.0. The van der Waals surface area contributed by atoms with Crippen LogP contribution in [-0.2, 0) is 11.2 Å². The third kappa shape index (κ3) is 3.53. The van der Waals surface area contributed by atoms with Gasteiger partial charge in [-0.25, -0.2) is 4.39 Å². The van der Waals surface area contributed by atoms with E-state index in [2.05, 4.69) is 20.8 Å². The average Bonchev–Trinajstić information content (AvgIpc) is 3.14. The smallest absolute Gasteiger partial charge is 0.249 e. The molecule has 1 atom stereocenters. The average molecular weight is 366 g/mol. The van der Waals surface area contributed by atoms with Gasteiger partial charge in [0.2, 0.25) is 17.6 Å². The van der Waals surface area contributed by atoms with Crippen molar-refractivity contribution in [2.24, 2.45) is 0 Å². The van der Waals surface area contributed by atoms with E-state index in [4.69, 9.17) is 4.52 Å². The molecule has 3 aromatic rings. The maximum Gasteiger partial charge on any atom is 0.249 e. The molecular formula is C20H19FN4O2. The van der Waals surface area contributed by atoms with E-state index < -0.39 is 0 Å². The predicted molar refractivity (Wildman–Crippen MR) is 99.9 cm³/mol. The highest BCUT2D eigenvalue weighted by Crippen LogP contribution is 2.28. The summed E-state index contributed by atoms with van der Waals surface area (Å²) in [6.45, 7) is 3.62. The van der Waals surface area contributed by atoms with E-state index >= 15 is 0 Å². The molecule has 0 aliphatic carbocycles. The number of benzene rings is 2. The van der Waals surface area contributed by atoms with Crippen LogP contribution in [0.1, 0.15) is 36.4 Å². The van der Waals surface area contributed by atoms with Gasteiger partial charge in [0.1, 0.15) is 11.9 Å². The fourth-order valence-corrected chi connectivity index (χ4v) is 3.10. The molecule has 6 nitrogen and oxygen atoms in total. The highest BCUT2D eigenvalue weighted by atomic mass is 19.1. The second kappa shape index (κ2) is 6.83. The topological polar surface area (TPSA) is 80.0 Å². The van der Waals surface area contributed by atoms with Crippen LogP contribution in [0.4, 0.5) is 15.8 Å². The molecule has 0 radical (unpaired) electrons. The first kappa shape index (κ1) is 17.2. The number of aromatic nitrogens is 2. The number of anilines is 2. The van der Waals surface area contributed by atoms with Gasteiger partial charge in [-0.05, 0) is 67.8 Å². The molecule has 0 saturated heterocycles. The summed E-state index contributed by atoms with van der Waals surface area (Å²) in [7, 11) is 0. The molecule has 0 bridgehead atoms. The second-order valence-electron chi connectivity index (χ2n) is 6.71. The van der Waals surface area contributed by atoms with E-state index in [0.29, 0.717) is 29.3 Å². The third-order valence-electron chi connectivity index (χ3n) is 4.61. The van der Waals surface area contributed by atoms with E-state index in [1.54, 1.807) is 19.1 Å². The summed E-state index contributed by atoms with van der Waals surface area (Å²) < 4.78 is 18.8. The molecule has 1 unspecified atom stereocenters. The molecule has 138 valence electrons. The van der Waals surface area contributed by atoms with Gasteiger partial charge in [-0.15, -0.1) is 0 Å². The Morgan fingerprint density at radius 2 is 2.07 bits per heavy atom. The lowest BCUT2D eigenvalue weighted by Crippen LogP contribution is -2.19. The quantitative estimate of drug-likeness (QED) is 0.722. The number of fused-ring (bicyclic) bond motifs is 1. The Labute approximate surface area is 155 Å². The number of nitrogens with one attached hydrogen (secondary N) is 2. The highest BCUT2D eigenvalue weighted by molar-refractivity contribution is 5.94. The number of carbonyl (C=O) groups excluding carboxylic acids is 1. The number of nitrogens with zero attached hydrogens (tertiary/aromatic N) is 2. The maximum absolute atomic E-state index is 13.4. The molecule has 2 N–H and O–H groups in total. The zero-order valence-corrected chi connectivity index (χ0v) is 15.0. The van der Waals surface area contributed by atoms with Crippen LogP contribution in [-0.4, -0.2) is 16.0 Å². The van der Waals surface area contributed by atoms with Crippen LogP contribution in [0.3, 0.4) is 0 Å². The Balaban J connectivity index is 1.50. The van der Waals surface area contributed by atoms with Crippen molar-refractivity contribution in [3.05, 3.63) is 59.2 Å². The summed E-state index contributed by atoms with van der Waals surface area (Å²) >= 11 is 0. The summed E-state index contributed by atoms with van der Waals surface area (Å²) in [5.41, 5.74) is 4.11. The maximum atomic E-state index is 13.4. The number of rotatable bonds is 4. The molecule has 0 fully saturated rings. The highest BCUT2D eigenvalue weighted by Gasteiger charge is 2.18. The molecule has 1 amide bonds. The Kier molecular flexibility index (Phi) is 4.35. The van der Waals surface area contributed by atoms with Crippen LogP contribution >= 0.6 is 0 Å². The lowest BCUT2D eigenvalue weighted by Gasteiger charge is -2.19. The van der Waals surface area contributed by atoms with Gasteiger partial charge in [-0.1, -0.05) is 5.16 Å². The first-order valence-electron chi connectivity index (χ1n) is 8.79. The van der Waals surface area contributed by atoms with Gasteiger partial charge >= 0.3 is 0 Å². The van der Waals surface area contributed by atoms with Gasteiger partial charge in [0, 0.05) is 23.4 Å². The Morgan fingerprint density at radius 1 is 1.22 bits per heavy atom. The molecule has 0 saturated carbocycles. The molecule has 1 aromatic heterocycles. The summed E-state index contributed by atoms with van der Waals surface area (Å²) in [6, 6.07) is 10.3. The molecule has 27 heavy (non-hydrogen) atoms. The van der Waals surface area contributed by atoms with Crippen LogP contribution < -0.4 is 10.6 Å². The van der Waals surface area contributed by atoms with Crippen molar-refractivity contribution in [1.82, 2.24) is 10.1 Å². The lowest BCUT2D eigenvalue weighted by molar-refractivity contribution is -0.116. The van der Waals surface area contributed by atoms with Gasteiger partial charge in [0.15, 0.2) is 0 Å². The minimum Gasteiger partial charge on any atom is -0.374 e. The molecular weight excluding hydrogens is 347 g/mol. The van der Waals surface area contributed by atoms with Crippen LogP contribution in [0.25, 0.3) is 11.4 Å². The van der Waals surface area contributed by atoms with Crippen molar-refractivity contribution in [3.63, 3.8) is 0 Å². The largest absolute Gasteiger partial charge is 0.374 e. The Hall–Kier alpha value is -3.22. The molecule has 1 aliphatic heterocycles. The number of carbonyl (C=O) groups is 1. The lowest BCUT2D eigenvalue weighted by atomic mass is 10.0. The van der Waals surface area contributed by atoms with Gasteiger partial charge in [-0.3, -0.25) is 4.79 Å². The number of hydrogen-bond acceptors (Lipinski definition) is 5. The number of amides is 1. The van der Waals surface area contributed by atoms with E-state index in [-0.39, 0.29) is 17.8 Å². The van der Waals surface area contributed by atoms with Crippen molar-refractivity contribution in [2.45, 2.75) is 32.7 Å². The zero-order valence-electron chi connectivity index (χ0n) is 15.0. The van der Waals surface area contributed by atoms with E-state index in [9.17, 15) is 9.18 Å². The minimum absolute atomic E-state index is 0.0472. The van der Waals surface area contributed by atoms with Gasteiger partial charge < -0.3 is 15.2 Å². The zero-order chi connectivity index (χ0) is 19.0. The molecule has 2 aromatic carbocycles. The van der Waals surface area contributed by atoms with Crippen molar-refractivity contribution in [1.29, 1.82) is 0 Å². The van der Waals surface area contributed by atoms with Crippen LogP contribution in [0.5, 0.6) is 0 Å². The fourth-order valence-electron chi connectivity index (χ4n) is 3.10. The van der Waals surface area contributed by atoms with E-state index in [1.165, 1.54) is 6.07 Å². The molecule has 2 heterocycles. The van der Waals surface area contributed by atoms with Gasteiger partial charge in [-0.2, -0.15) is 4.98 Å². The predicted octanol–water partition coefficient (Wildman–Crippen LogP) is 4.24. The van der Waals surface area contributed by atoms with Crippen molar-refractivity contribution >= 4 is 17.3 Å². The normalized spacial score (nSPS) is 14.4. The van der Waals surface area contributed by atoms with Crippen LogP contribution in [0.2, 0.25) is 0 Å². The summed E-state index contributed by atoms with van der Waals surface area (Å²) in [5.74, 6) is 0.653. The Bertz CT molecular complexity index is 1010. The molecule has 7 heteroatoms. The molecule has 4 rings (SSSR count). The molecule has 0 spiro atoms. The fraction of sp³-hybridized carbons (Fsp3) is 0.250. The standard InChI is InChI=1S/C20H19FN4O2/c1-11-9-14(3-6-16(11)21)19-24-20(27-25-19)12(2)22-15-5-7-17-13(10-15)4-8-18(26)23-17/h3,5-7,9-10,12,22H,4,8H2,1-2H3,(H,23,26). The molecule has 1 aliphatic rings. The number of hydrogen-bond donors (Lipinski definition) is 2. The second-order valence-corrected chi connectivity index (χ2v) is 6.71. The monoisotopic (exact) mass is 366 g/mol. The van der Waals surface area contributed by atoms with Crippen molar-refractivity contribution in [2.75, 3.05) is 10.6 Å². The summed E-state index contributed by atoms with van der Waals surface area (Å²) in [5, 5.41) is 10.2. The van der Waals surface area contributed by atoms with Crippen LogP contribution in [0, 0.1) is 12.7 Å². The van der Waals surface area contributed by atoms with Crippen molar-refractivity contribution < 1.29 is 13.7 Å². The summed E-state index contributed by atoms with van der Waals surface area (Å²) in [4.78, 5) is 15.9. The Morgan fingerprint density at radius 3 is 2.89 bits per heavy atom. The van der Waals surface area contributed by atoms with E-state index in [0.717, 1.165) is 23.4 Å². The van der Waals surface area contributed by atoms with Gasteiger partial charge in [0.05, 0.1) is 0 Å². The van der Waals surface area contributed by atoms with Gasteiger partial charge in [0.25, 0.3) is 0 Å². The minimum atomic E-state index is -0.263.